The van der Waals surface area contributed by atoms with E-state index in [1.165, 1.54) is 121 Å². The Morgan fingerprint density at radius 2 is 1.17 bits per heavy atom. The molecular weight excluding hydrogens is 352 g/mol. The molecular formula is C27H52N2. The van der Waals surface area contributed by atoms with E-state index in [1.54, 1.807) is 0 Å². The molecule has 0 aromatic carbocycles. The third kappa shape index (κ3) is 11.8. The second kappa shape index (κ2) is 18.0. The normalized spacial score (nSPS) is 13.7. The molecule has 0 N–H and O–H groups in total. The maximum Gasteiger partial charge on any atom is 0.111 e. The van der Waals surface area contributed by atoms with Crippen LogP contribution >= 0.6 is 0 Å². The highest BCUT2D eigenvalue weighted by Crippen LogP contribution is 2.28. The minimum atomic E-state index is 0.593. The van der Waals surface area contributed by atoms with Gasteiger partial charge in [0.2, 0.25) is 0 Å². The molecule has 0 amide bonds. The van der Waals surface area contributed by atoms with Crippen LogP contribution in [0.2, 0.25) is 0 Å². The van der Waals surface area contributed by atoms with Gasteiger partial charge in [0.1, 0.15) is 5.82 Å². The van der Waals surface area contributed by atoms with Crippen LogP contribution in [0.25, 0.3) is 0 Å². The van der Waals surface area contributed by atoms with Gasteiger partial charge in [-0.25, -0.2) is 4.98 Å². The predicted molar refractivity (Wildman–Crippen MR) is 130 cm³/mol. The summed E-state index contributed by atoms with van der Waals surface area (Å²) in [6.45, 7) is 9.31. The first-order valence-electron chi connectivity index (χ1n) is 13.3. The zero-order valence-corrected chi connectivity index (χ0v) is 20.4. The SMILES string of the molecule is CCCCCCCCCCCCCC(C)n1ccnc1C(CC)CCCCCC. The first kappa shape index (κ1) is 26.2. The van der Waals surface area contributed by atoms with Gasteiger partial charge in [0.05, 0.1) is 0 Å². The third-order valence-corrected chi connectivity index (χ3v) is 6.66. The average Bonchev–Trinajstić information content (AvgIpc) is 3.21. The van der Waals surface area contributed by atoms with Gasteiger partial charge in [-0.05, 0) is 26.2 Å². The molecule has 29 heavy (non-hydrogen) atoms. The summed E-state index contributed by atoms with van der Waals surface area (Å²) in [5.74, 6) is 1.99. The van der Waals surface area contributed by atoms with E-state index in [-0.39, 0.29) is 0 Å². The van der Waals surface area contributed by atoms with Crippen molar-refractivity contribution < 1.29 is 0 Å². The quantitative estimate of drug-likeness (QED) is 0.198. The van der Waals surface area contributed by atoms with Crippen molar-refractivity contribution in [3.05, 3.63) is 18.2 Å². The van der Waals surface area contributed by atoms with Crippen molar-refractivity contribution >= 4 is 0 Å². The average molecular weight is 405 g/mol. The Hall–Kier alpha value is -0.790. The third-order valence-electron chi connectivity index (χ3n) is 6.66. The number of hydrogen-bond donors (Lipinski definition) is 0. The van der Waals surface area contributed by atoms with E-state index in [9.17, 15) is 0 Å². The molecule has 2 unspecified atom stereocenters. The van der Waals surface area contributed by atoms with Gasteiger partial charge in [-0.3, -0.25) is 0 Å². The molecule has 1 heterocycles. The van der Waals surface area contributed by atoms with Gasteiger partial charge in [-0.15, -0.1) is 0 Å². The number of imidazole rings is 1. The summed E-state index contributed by atoms with van der Waals surface area (Å²) in [5, 5.41) is 0. The zero-order valence-electron chi connectivity index (χ0n) is 20.4. The van der Waals surface area contributed by atoms with Crippen LogP contribution < -0.4 is 0 Å². The fourth-order valence-electron chi connectivity index (χ4n) is 4.59. The van der Waals surface area contributed by atoms with Gasteiger partial charge < -0.3 is 4.57 Å². The molecule has 2 heteroatoms. The van der Waals surface area contributed by atoms with Crippen LogP contribution in [0.1, 0.15) is 161 Å². The van der Waals surface area contributed by atoms with Crippen LogP contribution in [-0.4, -0.2) is 9.55 Å². The molecule has 0 fully saturated rings. The molecule has 2 nitrogen and oxygen atoms in total. The van der Waals surface area contributed by atoms with Gasteiger partial charge in [0, 0.05) is 24.4 Å². The summed E-state index contributed by atoms with van der Waals surface area (Å²) < 4.78 is 2.49. The summed E-state index contributed by atoms with van der Waals surface area (Å²) >= 11 is 0. The number of unbranched alkanes of at least 4 members (excludes halogenated alkanes) is 13. The topological polar surface area (TPSA) is 17.8 Å². The number of aromatic nitrogens is 2. The first-order valence-corrected chi connectivity index (χ1v) is 13.3. The van der Waals surface area contributed by atoms with E-state index >= 15 is 0 Å². The van der Waals surface area contributed by atoms with Crippen molar-refractivity contribution in [1.29, 1.82) is 0 Å². The lowest BCUT2D eigenvalue weighted by Gasteiger charge is -2.21. The number of hydrogen-bond acceptors (Lipinski definition) is 1. The van der Waals surface area contributed by atoms with Crippen LogP contribution in [0.5, 0.6) is 0 Å². The lowest BCUT2D eigenvalue weighted by Crippen LogP contribution is -2.12. The van der Waals surface area contributed by atoms with Gasteiger partial charge in [0.25, 0.3) is 0 Å². The smallest absolute Gasteiger partial charge is 0.111 e. The standard InChI is InChI=1S/C27H52N2/c1-5-8-10-12-13-14-15-16-17-18-19-21-25(4)29-24-23-28-27(29)26(7-3)22-20-11-9-6-2/h23-26H,5-22H2,1-4H3. The van der Waals surface area contributed by atoms with Gasteiger partial charge in [0.15, 0.2) is 0 Å². The molecule has 0 bridgehead atoms. The number of nitrogens with zero attached hydrogens (tertiary/aromatic N) is 2. The summed E-state index contributed by atoms with van der Waals surface area (Å²) in [5.41, 5.74) is 0. The largest absolute Gasteiger partial charge is 0.332 e. The highest BCUT2D eigenvalue weighted by atomic mass is 15.1. The van der Waals surface area contributed by atoms with E-state index < -0.39 is 0 Å². The van der Waals surface area contributed by atoms with Gasteiger partial charge in [-0.1, -0.05) is 117 Å². The Labute approximate surface area is 183 Å². The van der Waals surface area contributed by atoms with Crippen LogP contribution in [0, 0.1) is 0 Å². The molecule has 1 aromatic heterocycles. The van der Waals surface area contributed by atoms with Crippen LogP contribution in [0.15, 0.2) is 12.4 Å². The second-order valence-corrected chi connectivity index (χ2v) is 9.32. The van der Waals surface area contributed by atoms with Crippen LogP contribution in [0.4, 0.5) is 0 Å². The predicted octanol–water partition coefficient (Wildman–Crippen LogP) is 9.61. The molecule has 0 radical (unpaired) electrons. The summed E-state index contributed by atoms with van der Waals surface area (Å²) in [6, 6.07) is 0.593. The van der Waals surface area contributed by atoms with Gasteiger partial charge >= 0.3 is 0 Å². The van der Waals surface area contributed by atoms with E-state index in [2.05, 4.69) is 38.5 Å². The molecule has 0 spiro atoms. The van der Waals surface area contributed by atoms with E-state index in [0.29, 0.717) is 12.0 Å². The molecule has 0 aliphatic heterocycles. The fraction of sp³-hybridized carbons (Fsp3) is 0.889. The number of rotatable bonds is 20. The fourth-order valence-corrected chi connectivity index (χ4v) is 4.59. The second-order valence-electron chi connectivity index (χ2n) is 9.32. The van der Waals surface area contributed by atoms with Crippen LogP contribution in [-0.2, 0) is 0 Å². The monoisotopic (exact) mass is 404 g/mol. The summed E-state index contributed by atoms with van der Waals surface area (Å²) in [7, 11) is 0. The Kier molecular flexibility index (Phi) is 16.3. The molecule has 2 atom stereocenters. The van der Waals surface area contributed by atoms with E-state index in [0.717, 1.165) is 0 Å². The molecule has 1 aromatic rings. The Bertz CT molecular complexity index is 465. The molecule has 0 saturated carbocycles. The molecule has 170 valence electrons. The van der Waals surface area contributed by atoms with Crippen molar-refractivity contribution in [2.45, 2.75) is 155 Å². The molecule has 0 aliphatic rings. The Morgan fingerprint density at radius 1 is 0.690 bits per heavy atom. The Balaban J connectivity index is 2.20. The minimum Gasteiger partial charge on any atom is -0.332 e. The summed E-state index contributed by atoms with van der Waals surface area (Å²) in [4.78, 5) is 4.78. The van der Waals surface area contributed by atoms with Crippen molar-refractivity contribution in [2.75, 3.05) is 0 Å². The lowest BCUT2D eigenvalue weighted by atomic mass is 9.96. The van der Waals surface area contributed by atoms with Crippen molar-refractivity contribution in [3.8, 4) is 0 Å². The van der Waals surface area contributed by atoms with Crippen molar-refractivity contribution in [1.82, 2.24) is 9.55 Å². The van der Waals surface area contributed by atoms with E-state index in [1.807, 2.05) is 6.20 Å². The Morgan fingerprint density at radius 3 is 1.72 bits per heavy atom. The zero-order chi connectivity index (χ0) is 21.2. The highest BCUT2D eigenvalue weighted by molar-refractivity contribution is 5.02. The summed E-state index contributed by atoms with van der Waals surface area (Å²) in [6.07, 6.45) is 29.2. The lowest BCUT2D eigenvalue weighted by molar-refractivity contribution is 0.426. The first-order chi connectivity index (χ1) is 14.2. The van der Waals surface area contributed by atoms with E-state index in [4.69, 9.17) is 4.98 Å². The molecule has 0 saturated heterocycles. The maximum atomic E-state index is 4.78. The maximum absolute atomic E-state index is 4.78. The van der Waals surface area contributed by atoms with Gasteiger partial charge in [-0.2, -0.15) is 0 Å². The molecule has 1 rings (SSSR count). The highest BCUT2D eigenvalue weighted by Gasteiger charge is 2.17. The van der Waals surface area contributed by atoms with Crippen molar-refractivity contribution in [2.24, 2.45) is 0 Å². The van der Waals surface area contributed by atoms with Crippen molar-refractivity contribution in [3.63, 3.8) is 0 Å². The van der Waals surface area contributed by atoms with Crippen LogP contribution in [0.3, 0.4) is 0 Å². The minimum absolute atomic E-state index is 0.593. The molecule has 0 aliphatic carbocycles.